The van der Waals surface area contributed by atoms with Crippen molar-refractivity contribution in [2.75, 3.05) is 0 Å². The molecule has 0 spiro atoms. The third-order valence-electron chi connectivity index (χ3n) is 4.57. The van der Waals surface area contributed by atoms with Gasteiger partial charge in [-0.15, -0.1) is 0 Å². The third-order valence-corrected chi connectivity index (χ3v) is 4.57. The predicted octanol–water partition coefficient (Wildman–Crippen LogP) is 7.59. The summed E-state index contributed by atoms with van der Waals surface area (Å²) in [6.45, 7) is 12.8. The number of Topliss-reactive ketones (excluding diaryl/α,β-unsaturated/α-hetero) is 1. The second-order valence-electron chi connectivity index (χ2n) is 7.88. The Kier molecular flexibility index (Phi) is 9.95. The Morgan fingerprint density at radius 3 is 1.46 bits per heavy atom. The monoisotopic (exact) mass is 352 g/mol. The second-order valence-corrected chi connectivity index (χ2v) is 7.88. The Morgan fingerprint density at radius 1 is 0.731 bits per heavy atom. The lowest BCUT2D eigenvalue weighted by Crippen LogP contribution is -1.95. The van der Waals surface area contributed by atoms with Crippen molar-refractivity contribution in [2.24, 2.45) is 0 Å². The number of hydrogen-bond donors (Lipinski definition) is 0. The molecule has 0 radical (unpaired) electrons. The second kappa shape index (κ2) is 11.7. The lowest BCUT2D eigenvalue weighted by Gasteiger charge is -1.98. The van der Waals surface area contributed by atoms with Crippen molar-refractivity contribution >= 4 is 5.78 Å². The van der Waals surface area contributed by atoms with Gasteiger partial charge in [-0.1, -0.05) is 58.7 Å². The van der Waals surface area contributed by atoms with Crippen LogP contribution in [0.4, 0.5) is 0 Å². The number of allylic oxidation sites excluding steroid dienone is 12. The van der Waals surface area contributed by atoms with Crippen LogP contribution in [-0.4, -0.2) is 5.78 Å². The molecule has 1 heteroatoms. The standard InChI is InChI=1S/C25H36O/c1-19(2)9-7-11-21(5)13-15-23-17-18-24(25(23)26)16-14-22(6)12-8-10-20(3)4/h9-10,13-16H,7-8,11-12,17-18H2,1-6H3/b21-13+,22-14+,23-15+,24-16+. The van der Waals surface area contributed by atoms with Gasteiger partial charge in [0.05, 0.1) is 0 Å². The third kappa shape index (κ3) is 8.99. The smallest absolute Gasteiger partial charge is 0.185 e. The molecule has 1 fully saturated rings. The lowest BCUT2D eigenvalue weighted by molar-refractivity contribution is -0.111. The van der Waals surface area contributed by atoms with Gasteiger partial charge in [-0.05, 0) is 80.1 Å². The molecule has 0 saturated heterocycles. The Balaban J connectivity index is 2.63. The van der Waals surface area contributed by atoms with Gasteiger partial charge in [-0.3, -0.25) is 4.79 Å². The average Bonchev–Trinajstić information content (AvgIpc) is 2.90. The first-order valence-corrected chi connectivity index (χ1v) is 9.83. The first kappa shape index (κ1) is 22.2. The zero-order valence-electron chi connectivity index (χ0n) is 17.6. The van der Waals surface area contributed by atoms with Gasteiger partial charge >= 0.3 is 0 Å². The maximum Gasteiger partial charge on any atom is 0.185 e. The van der Waals surface area contributed by atoms with Crippen molar-refractivity contribution in [3.63, 3.8) is 0 Å². The van der Waals surface area contributed by atoms with Crippen LogP contribution in [0.1, 0.15) is 80.1 Å². The quantitative estimate of drug-likeness (QED) is 0.325. The Hall–Kier alpha value is -1.89. The molecule has 0 bridgehead atoms. The van der Waals surface area contributed by atoms with E-state index in [2.05, 4.69) is 65.8 Å². The van der Waals surface area contributed by atoms with Crippen molar-refractivity contribution in [1.29, 1.82) is 0 Å². The molecule has 0 aromatic rings. The van der Waals surface area contributed by atoms with Crippen LogP contribution < -0.4 is 0 Å². The molecule has 0 heterocycles. The molecular formula is C25H36O. The molecule has 142 valence electrons. The van der Waals surface area contributed by atoms with Gasteiger partial charge in [0.15, 0.2) is 5.78 Å². The van der Waals surface area contributed by atoms with E-state index in [0.29, 0.717) is 0 Å². The molecule has 0 unspecified atom stereocenters. The van der Waals surface area contributed by atoms with Crippen LogP contribution in [0, 0.1) is 0 Å². The minimum atomic E-state index is 0.228. The minimum absolute atomic E-state index is 0.228. The summed E-state index contributed by atoms with van der Waals surface area (Å²) < 4.78 is 0. The van der Waals surface area contributed by atoms with Gasteiger partial charge in [0.2, 0.25) is 0 Å². The van der Waals surface area contributed by atoms with Crippen LogP contribution in [0.3, 0.4) is 0 Å². The molecule has 1 aliphatic carbocycles. The molecule has 1 saturated carbocycles. The van der Waals surface area contributed by atoms with Crippen molar-refractivity contribution in [3.05, 3.63) is 69.9 Å². The topological polar surface area (TPSA) is 17.1 Å². The normalized spacial score (nSPS) is 18.6. The summed E-state index contributed by atoms with van der Waals surface area (Å²) in [5.41, 5.74) is 7.29. The molecule has 0 atom stereocenters. The fourth-order valence-corrected chi connectivity index (χ4v) is 2.85. The van der Waals surface area contributed by atoms with Crippen LogP contribution in [0.15, 0.2) is 69.9 Å². The summed E-state index contributed by atoms with van der Waals surface area (Å²) >= 11 is 0. The summed E-state index contributed by atoms with van der Waals surface area (Å²) in [7, 11) is 0. The van der Waals surface area contributed by atoms with E-state index in [4.69, 9.17) is 0 Å². The van der Waals surface area contributed by atoms with Crippen LogP contribution in [0.5, 0.6) is 0 Å². The van der Waals surface area contributed by atoms with Gasteiger partial charge in [0.25, 0.3) is 0 Å². The lowest BCUT2D eigenvalue weighted by atomic mass is 10.1. The maximum atomic E-state index is 12.5. The van der Waals surface area contributed by atoms with E-state index in [1.165, 1.54) is 22.3 Å². The number of carbonyl (C=O) groups excluding carboxylic acids is 1. The largest absolute Gasteiger partial charge is 0.289 e. The summed E-state index contributed by atoms with van der Waals surface area (Å²) in [5, 5.41) is 0. The zero-order valence-corrected chi connectivity index (χ0v) is 17.6. The van der Waals surface area contributed by atoms with Crippen LogP contribution >= 0.6 is 0 Å². The van der Waals surface area contributed by atoms with Gasteiger partial charge in [0, 0.05) is 11.1 Å². The molecule has 0 aliphatic heterocycles. The molecule has 0 amide bonds. The van der Waals surface area contributed by atoms with Gasteiger partial charge in [0.1, 0.15) is 0 Å². The van der Waals surface area contributed by atoms with Gasteiger partial charge in [-0.2, -0.15) is 0 Å². The summed E-state index contributed by atoms with van der Waals surface area (Å²) in [5.74, 6) is 0.228. The van der Waals surface area contributed by atoms with Crippen molar-refractivity contribution < 1.29 is 4.79 Å². The fourth-order valence-electron chi connectivity index (χ4n) is 2.85. The SMILES string of the molecule is CC(C)=CCC/C(C)=C/C=C1\CC/C(=C\C=C(/C)CCC=C(C)C)C1=O. The first-order chi connectivity index (χ1) is 12.3. The van der Waals surface area contributed by atoms with E-state index >= 15 is 0 Å². The molecule has 0 N–H and O–H groups in total. The Morgan fingerprint density at radius 2 is 1.12 bits per heavy atom. The van der Waals surface area contributed by atoms with E-state index in [1.807, 2.05) is 12.2 Å². The highest BCUT2D eigenvalue weighted by Gasteiger charge is 2.21. The maximum absolute atomic E-state index is 12.5. The van der Waals surface area contributed by atoms with Crippen molar-refractivity contribution in [1.82, 2.24) is 0 Å². The van der Waals surface area contributed by atoms with E-state index in [0.717, 1.165) is 49.7 Å². The minimum Gasteiger partial charge on any atom is -0.289 e. The fraction of sp³-hybridized carbons (Fsp3) is 0.480. The predicted molar refractivity (Wildman–Crippen MR) is 115 cm³/mol. The van der Waals surface area contributed by atoms with Crippen LogP contribution in [-0.2, 0) is 4.79 Å². The highest BCUT2D eigenvalue weighted by molar-refractivity contribution is 6.11. The Bertz CT molecular complexity index is 609. The van der Waals surface area contributed by atoms with E-state index in [-0.39, 0.29) is 5.78 Å². The van der Waals surface area contributed by atoms with Gasteiger partial charge in [-0.25, -0.2) is 0 Å². The molecule has 1 rings (SSSR count). The molecule has 26 heavy (non-hydrogen) atoms. The number of carbonyl (C=O) groups is 1. The molecule has 1 nitrogen and oxygen atoms in total. The Labute approximate surface area is 161 Å². The number of hydrogen-bond acceptors (Lipinski definition) is 1. The van der Waals surface area contributed by atoms with Crippen LogP contribution in [0.25, 0.3) is 0 Å². The zero-order chi connectivity index (χ0) is 19.5. The highest BCUT2D eigenvalue weighted by Crippen LogP contribution is 2.27. The van der Waals surface area contributed by atoms with Crippen molar-refractivity contribution in [3.8, 4) is 0 Å². The van der Waals surface area contributed by atoms with E-state index < -0.39 is 0 Å². The summed E-state index contributed by atoms with van der Waals surface area (Å²) in [4.78, 5) is 12.5. The number of rotatable bonds is 8. The molecule has 0 aromatic carbocycles. The van der Waals surface area contributed by atoms with E-state index in [1.54, 1.807) is 0 Å². The average molecular weight is 353 g/mol. The van der Waals surface area contributed by atoms with Gasteiger partial charge < -0.3 is 0 Å². The summed E-state index contributed by atoms with van der Waals surface area (Å²) in [6, 6.07) is 0. The summed E-state index contributed by atoms with van der Waals surface area (Å²) in [6.07, 6.45) is 18.8. The van der Waals surface area contributed by atoms with E-state index in [9.17, 15) is 4.79 Å². The highest BCUT2D eigenvalue weighted by atomic mass is 16.1. The van der Waals surface area contributed by atoms with Crippen LogP contribution in [0.2, 0.25) is 0 Å². The number of ketones is 1. The molecule has 0 aromatic heterocycles. The first-order valence-electron chi connectivity index (χ1n) is 9.83. The van der Waals surface area contributed by atoms with Crippen molar-refractivity contribution in [2.45, 2.75) is 80.1 Å². The molecular weight excluding hydrogens is 316 g/mol. The molecule has 1 aliphatic rings.